The van der Waals surface area contributed by atoms with Crippen molar-refractivity contribution in [2.45, 2.75) is 25.4 Å². The molecule has 2 fully saturated rings. The molecule has 2 N–H and O–H groups in total. The Balaban J connectivity index is 1.16. The number of rotatable bonds is 5. The van der Waals surface area contributed by atoms with E-state index in [1.807, 2.05) is 35.2 Å². The summed E-state index contributed by atoms with van der Waals surface area (Å²) < 4.78 is 5.79. The molecule has 2 aliphatic heterocycles. The lowest BCUT2D eigenvalue weighted by Crippen LogP contribution is -2.46. The molecule has 180 valence electrons. The molecule has 2 aliphatic rings. The maximum absolute atomic E-state index is 12.9. The maximum Gasteiger partial charge on any atom is 0.287 e. The van der Waals surface area contributed by atoms with Crippen molar-refractivity contribution < 1.29 is 14.0 Å². The van der Waals surface area contributed by atoms with Crippen LogP contribution in [0.4, 0.5) is 0 Å². The highest BCUT2D eigenvalue weighted by Gasteiger charge is 2.23. The second kappa shape index (κ2) is 10.3. The number of amides is 2. The van der Waals surface area contributed by atoms with E-state index in [0.717, 1.165) is 51.0 Å². The third-order valence-corrected chi connectivity index (χ3v) is 6.80. The summed E-state index contributed by atoms with van der Waals surface area (Å²) in [6, 6.07) is 17.0. The number of likely N-dealkylation sites (tertiary alicyclic amines) is 1. The molecule has 0 radical (unpaired) electrons. The van der Waals surface area contributed by atoms with Crippen molar-refractivity contribution in [1.82, 2.24) is 20.4 Å². The Bertz CT molecular complexity index is 1250. The predicted molar refractivity (Wildman–Crippen MR) is 132 cm³/mol. The van der Waals surface area contributed by atoms with Gasteiger partial charge >= 0.3 is 0 Å². The Labute approximate surface area is 204 Å². The first-order valence-electron chi connectivity index (χ1n) is 12.1. The molecule has 5 rings (SSSR count). The standard InChI is InChI=1S/C27H29N5O3/c28-17-19-1-3-20(4-2-19)18-31-11-7-23(8-12-31)30-26(33)25-16-22-15-21(5-6-24(22)35-25)27(34)32-13-9-29-10-14-32/h1-6,15-16,23,29H,7-14,18H2,(H,30,33). The van der Waals surface area contributed by atoms with Crippen molar-refractivity contribution in [2.24, 2.45) is 0 Å². The lowest BCUT2D eigenvalue weighted by Gasteiger charge is -2.32. The number of furan rings is 1. The second-order valence-electron chi connectivity index (χ2n) is 9.24. The summed E-state index contributed by atoms with van der Waals surface area (Å²) in [4.78, 5) is 29.9. The minimum Gasteiger partial charge on any atom is -0.451 e. The van der Waals surface area contributed by atoms with Crippen molar-refractivity contribution in [3.05, 3.63) is 71.0 Å². The number of nitrogens with zero attached hydrogens (tertiary/aromatic N) is 3. The quantitative estimate of drug-likeness (QED) is 0.593. The highest BCUT2D eigenvalue weighted by Crippen LogP contribution is 2.23. The first-order chi connectivity index (χ1) is 17.1. The summed E-state index contributed by atoms with van der Waals surface area (Å²) in [5, 5.41) is 16.1. The Kier molecular flexibility index (Phi) is 6.80. The second-order valence-corrected chi connectivity index (χ2v) is 9.24. The molecule has 2 amide bonds. The van der Waals surface area contributed by atoms with Crippen molar-refractivity contribution in [3.63, 3.8) is 0 Å². The number of carbonyl (C=O) groups is 2. The summed E-state index contributed by atoms with van der Waals surface area (Å²) in [6.45, 7) is 5.62. The minimum absolute atomic E-state index is 0.00775. The summed E-state index contributed by atoms with van der Waals surface area (Å²) in [5.41, 5.74) is 3.07. The van der Waals surface area contributed by atoms with Gasteiger partial charge in [0.1, 0.15) is 5.58 Å². The Morgan fingerprint density at radius 2 is 1.77 bits per heavy atom. The Hall–Kier alpha value is -3.67. The van der Waals surface area contributed by atoms with Crippen LogP contribution in [0.5, 0.6) is 0 Å². The number of hydrogen-bond donors (Lipinski definition) is 2. The van der Waals surface area contributed by atoms with E-state index in [2.05, 4.69) is 21.6 Å². The first kappa shape index (κ1) is 23.1. The molecule has 0 bridgehead atoms. The van der Waals surface area contributed by atoms with Crippen LogP contribution in [0, 0.1) is 11.3 Å². The van der Waals surface area contributed by atoms with Crippen LogP contribution in [0.25, 0.3) is 11.0 Å². The Morgan fingerprint density at radius 3 is 2.49 bits per heavy atom. The molecule has 8 heteroatoms. The fraction of sp³-hybridized carbons (Fsp3) is 0.370. The van der Waals surface area contributed by atoms with Crippen LogP contribution in [0.2, 0.25) is 0 Å². The highest BCUT2D eigenvalue weighted by molar-refractivity contribution is 6.00. The van der Waals surface area contributed by atoms with Crippen molar-refractivity contribution in [1.29, 1.82) is 5.26 Å². The molecule has 2 saturated heterocycles. The first-order valence-corrected chi connectivity index (χ1v) is 12.1. The molecule has 2 aromatic carbocycles. The zero-order chi connectivity index (χ0) is 24.2. The van der Waals surface area contributed by atoms with Crippen LogP contribution in [-0.2, 0) is 6.54 Å². The molecule has 0 spiro atoms. The molecule has 0 atom stereocenters. The van der Waals surface area contributed by atoms with Crippen molar-refractivity contribution >= 4 is 22.8 Å². The lowest BCUT2D eigenvalue weighted by atomic mass is 10.0. The number of carbonyl (C=O) groups excluding carboxylic acids is 2. The molecule has 3 aromatic rings. The Morgan fingerprint density at radius 1 is 1.03 bits per heavy atom. The summed E-state index contributed by atoms with van der Waals surface area (Å²) in [6.07, 6.45) is 1.73. The van der Waals surface area contributed by atoms with E-state index in [1.165, 1.54) is 5.56 Å². The van der Waals surface area contributed by atoms with Crippen LogP contribution in [0.15, 0.2) is 52.9 Å². The van der Waals surface area contributed by atoms with Gasteiger partial charge in [-0.15, -0.1) is 0 Å². The topological polar surface area (TPSA) is 102 Å². The SMILES string of the molecule is N#Cc1ccc(CN2CCC(NC(=O)c3cc4cc(C(=O)N5CCNCC5)ccc4o3)CC2)cc1. The molecular formula is C27H29N5O3. The van der Waals surface area contributed by atoms with E-state index < -0.39 is 0 Å². The van der Waals surface area contributed by atoms with Crippen molar-refractivity contribution in [2.75, 3.05) is 39.3 Å². The number of fused-ring (bicyclic) bond motifs is 1. The number of piperazine rings is 1. The summed E-state index contributed by atoms with van der Waals surface area (Å²) in [5.74, 6) is 0.0573. The largest absolute Gasteiger partial charge is 0.451 e. The van der Waals surface area contributed by atoms with Gasteiger partial charge < -0.3 is 20.0 Å². The van der Waals surface area contributed by atoms with E-state index >= 15 is 0 Å². The number of nitriles is 1. The fourth-order valence-electron chi connectivity index (χ4n) is 4.77. The van der Waals surface area contributed by atoms with E-state index in [0.29, 0.717) is 29.8 Å². The van der Waals surface area contributed by atoms with Crippen LogP contribution in [-0.4, -0.2) is 66.9 Å². The monoisotopic (exact) mass is 471 g/mol. The average Bonchev–Trinajstić information content (AvgIpc) is 3.34. The molecular weight excluding hydrogens is 442 g/mol. The number of hydrogen-bond acceptors (Lipinski definition) is 6. The van der Waals surface area contributed by atoms with Gasteiger partial charge in [0, 0.05) is 62.8 Å². The predicted octanol–water partition coefficient (Wildman–Crippen LogP) is 2.74. The summed E-state index contributed by atoms with van der Waals surface area (Å²) >= 11 is 0. The van der Waals surface area contributed by atoms with Crippen LogP contribution >= 0.6 is 0 Å². The van der Waals surface area contributed by atoms with Gasteiger partial charge in [-0.3, -0.25) is 14.5 Å². The molecule has 8 nitrogen and oxygen atoms in total. The van der Waals surface area contributed by atoms with Gasteiger partial charge in [0.2, 0.25) is 0 Å². The van der Waals surface area contributed by atoms with Gasteiger partial charge in [0.05, 0.1) is 11.6 Å². The van der Waals surface area contributed by atoms with Gasteiger partial charge in [-0.2, -0.15) is 5.26 Å². The van der Waals surface area contributed by atoms with Crippen LogP contribution in [0.1, 0.15) is 44.9 Å². The maximum atomic E-state index is 12.9. The lowest BCUT2D eigenvalue weighted by molar-refractivity contribution is 0.0735. The zero-order valence-electron chi connectivity index (χ0n) is 19.6. The molecule has 0 saturated carbocycles. The molecule has 0 aliphatic carbocycles. The average molecular weight is 472 g/mol. The van der Waals surface area contributed by atoms with E-state index in [4.69, 9.17) is 9.68 Å². The van der Waals surface area contributed by atoms with Gasteiger partial charge in [-0.25, -0.2) is 0 Å². The zero-order valence-corrected chi connectivity index (χ0v) is 19.6. The minimum atomic E-state index is -0.221. The smallest absolute Gasteiger partial charge is 0.287 e. The van der Waals surface area contributed by atoms with Gasteiger partial charge in [0.25, 0.3) is 11.8 Å². The third kappa shape index (κ3) is 5.37. The normalized spacial score (nSPS) is 17.3. The molecule has 1 aromatic heterocycles. The molecule has 3 heterocycles. The van der Waals surface area contributed by atoms with Gasteiger partial charge in [-0.1, -0.05) is 12.1 Å². The number of benzene rings is 2. The summed E-state index contributed by atoms with van der Waals surface area (Å²) in [7, 11) is 0. The van der Waals surface area contributed by atoms with Crippen LogP contribution < -0.4 is 10.6 Å². The third-order valence-electron chi connectivity index (χ3n) is 6.80. The molecule has 0 unspecified atom stereocenters. The van der Waals surface area contributed by atoms with E-state index in [1.54, 1.807) is 18.2 Å². The fourth-order valence-corrected chi connectivity index (χ4v) is 4.77. The van der Waals surface area contributed by atoms with E-state index in [9.17, 15) is 9.59 Å². The highest BCUT2D eigenvalue weighted by atomic mass is 16.3. The van der Waals surface area contributed by atoms with Gasteiger partial charge in [0.15, 0.2) is 5.76 Å². The van der Waals surface area contributed by atoms with Crippen molar-refractivity contribution in [3.8, 4) is 6.07 Å². The number of piperidine rings is 1. The van der Waals surface area contributed by atoms with E-state index in [-0.39, 0.29) is 23.6 Å². The van der Waals surface area contributed by atoms with Gasteiger partial charge in [-0.05, 0) is 54.8 Å². The molecule has 35 heavy (non-hydrogen) atoms. The van der Waals surface area contributed by atoms with Crippen LogP contribution in [0.3, 0.4) is 0 Å². The number of nitrogens with one attached hydrogen (secondary N) is 2.